The maximum absolute atomic E-state index is 13.0. The van der Waals surface area contributed by atoms with Crippen LogP contribution in [0.25, 0.3) is 33.3 Å². The predicted octanol–water partition coefficient (Wildman–Crippen LogP) is 10.1. The van der Waals surface area contributed by atoms with E-state index in [1.807, 2.05) is 31.7 Å². The summed E-state index contributed by atoms with van der Waals surface area (Å²) in [5, 5.41) is 11.0. The summed E-state index contributed by atoms with van der Waals surface area (Å²) in [6, 6.07) is 15.6. The fraction of sp³-hybridized carbons (Fsp3) is 0.512. The second-order valence-corrected chi connectivity index (χ2v) is 16.4. The number of hydrogen-bond acceptors (Lipinski definition) is 4. The molecule has 1 aliphatic heterocycles. The highest BCUT2D eigenvalue weighted by molar-refractivity contribution is 5.87. The fourth-order valence-electron chi connectivity index (χ4n) is 10.2. The minimum Gasteiger partial charge on any atom is -0.508 e. The molecule has 1 amide bonds. The van der Waals surface area contributed by atoms with Crippen LogP contribution in [-0.4, -0.2) is 38.2 Å². The van der Waals surface area contributed by atoms with E-state index in [2.05, 4.69) is 41.4 Å². The van der Waals surface area contributed by atoms with Crippen molar-refractivity contribution < 1.29 is 14.6 Å². The van der Waals surface area contributed by atoms with Gasteiger partial charge >= 0.3 is 6.09 Å². The second kappa shape index (κ2) is 10.6. The highest BCUT2D eigenvalue weighted by atomic mass is 16.6. The standard InChI is InChI=1S/C41H47N3O3/c1-40(2,3)47-39(46)44-20-6-7-34(44)38-42-32-16-12-26(21-33(32)43-38)27-13-14-29(37-25-10-8-24(9-11-25)36(27)37)28-15-17-35(45)31-23-41(22-30(28)31)18-4-5-19-41/h12-17,21,24-25,34,45H,4-11,18-20,22-23H2,1-3H3,(H,42,43)/t24?,25?,34-/m0/s1. The molecule has 4 aromatic rings. The van der Waals surface area contributed by atoms with Gasteiger partial charge in [0.1, 0.15) is 17.2 Å². The van der Waals surface area contributed by atoms with E-state index in [0.29, 0.717) is 29.5 Å². The van der Waals surface area contributed by atoms with Gasteiger partial charge in [-0.3, -0.25) is 4.90 Å². The lowest BCUT2D eigenvalue weighted by molar-refractivity contribution is 0.0219. The monoisotopic (exact) mass is 629 g/mol. The van der Waals surface area contributed by atoms with Crippen molar-refractivity contribution in [2.24, 2.45) is 5.41 Å². The van der Waals surface area contributed by atoms with Crippen molar-refractivity contribution in [2.75, 3.05) is 6.54 Å². The lowest BCUT2D eigenvalue weighted by atomic mass is 9.63. The number of aromatic hydroxyl groups is 1. The number of nitrogens with zero attached hydrogens (tertiary/aromatic N) is 2. The number of aromatic nitrogens is 2. The van der Waals surface area contributed by atoms with Crippen LogP contribution in [0.1, 0.15) is 131 Å². The topological polar surface area (TPSA) is 78.4 Å². The van der Waals surface area contributed by atoms with Crippen LogP contribution in [0.15, 0.2) is 42.5 Å². The number of benzene rings is 3. The third kappa shape index (κ3) is 4.80. The van der Waals surface area contributed by atoms with Gasteiger partial charge in [0, 0.05) is 6.54 Å². The van der Waals surface area contributed by atoms with Gasteiger partial charge in [0.05, 0.1) is 17.1 Å². The maximum atomic E-state index is 13.0. The Labute approximate surface area is 277 Å². The summed E-state index contributed by atoms with van der Waals surface area (Å²) in [4.78, 5) is 23.5. The Morgan fingerprint density at radius 3 is 2.30 bits per heavy atom. The van der Waals surface area contributed by atoms with E-state index in [1.165, 1.54) is 84.7 Å². The summed E-state index contributed by atoms with van der Waals surface area (Å²) in [7, 11) is 0. The van der Waals surface area contributed by atoms with Gasteiger partial charge in [0.2, 0.25) is 0 Å². The van der Waals surface area contributed by atoms with Gasteiger partial charge in [0.25, 0.3) is 0 Å². The van der Waals surface area contributed by atoms with Crippen LogP contribution in [0, 0.1) is 5.41 Å². The van der Waals surface area contributed by atoms with Crippen LogP contribution in [-0.2, 0) is 17.6 Å². The SMILES string of the molecule is CC(C)(C)OC(=O)N1CCC[C@H]1c1nc2ccc(-c3ccc(-c4ccc(O)c5c4CC4(CCCC4)C5)c4c3C3CCC4CC3)cc2[nH]1. The Morgan fingerprint density at radius 2 is 1.55 bits per heavy atom. The number of carbonyl (C=O) groups is 1. The highest BCUT2D eigenvalue weighted by Gasteiger charge is 2.43. The first-order valence-electron chi connectivity index (χ1n) is 18.2. The van der Waals surface area contributed by atoms with Crippen LogP contribution in [0.3, 0.4) is 0 Å². The molecular formula is C41H47N3O3. The number of likely N-dealkylation sites (tertiary alicyclic amines) is 1. The van der Waals surface area contributed by atoms with E-state index < -0.39 is 5.60 Å². The number of phenols is 1. The van der Waals surface area contributed by atoms with Gasteiger partial charge in [-0.2, -0.15) is 0 Å². The number of carbonyl (C=O) groups excluding carboxylic acids is 1. The molecule has 1 aromatic heterocycles. The maximum Gasteiger partial charge on any atom is 0.410 e. The molecule has 47 heavy (non-hydrogen) atoms. The third-order valence-corrected chi connectivity index (χ3v) is 12.3. The third-order valence-electron chi connectivity index (χ3n) is 12.3. The largest absolute Gasteiger partial charge is 0.508 e. The number of aromatic amines is 1. The van der Waals surface area contributed by atoms with Gasteiger partial charge in [-0.05, 0) is 165 Å². The highest BCUT2D eigenvalue weighted by Crippen LogP contribution is 2.58. The number of amides is 1. The molecule has 6 heteroatoms. The Morgan fingerprint density at radius 1 is 0.872 bits per heavy atom. The van der Waals surface area contributed by atoms with Gasteiger partial charge in [0.15, 0.2) is 0 Å². The number of fused-ring (bicyclic) bond motifs is 4. The quantitative estimate of drug-likeness (QED) is 0.236. The van der Waals surface area contributed by atoms with Crippen molar-refractivity contribution >= 4 is 17.1 Å². The van der Waals surface area contributed by atoms with Gasteiger partial charge in [-0.15, -0.1) is 0 Å². The average Bonchev–Trinajstić information content (AvgIpc) is 3.87. The Hall–Kier alpha value is -3.80. The zero-order valence-corrected chi connectivity index (χ0v) is 28.1. The lowest BCUT2D eigenvalue weighted by Crippen LogP contribution is -2.36. The van der Waals surface area contributed by atoms with E-state index in [9.17, 15) is 9.90 Å². The predicted molar refractivity (Wildman–Crippen MR) is 186 cm³/mol. The Kier molecular flexibility index (Phi) is 6.62. The van der Waals surface area contributed by atoms with Gasteiger partial charge < -0.3 is 14.8 Å². The first kappa shape index (κ1) is 29.3. The number of rotatable bonds is 3. The molecule has 1 saturated heterocycles. The minimum absolute atomic E-state index is 0.0983. The molecule has 6 aliphatic rings. The van der Waals surface area contributed by atoms with Crippen LogP contribution in [0.2, 0.25) is 0 Å². The Balaban J connectivity index is 1.10. The normalized spacial score (nSPS) is 24.3. The molecule has 2 bridgehead atoms. The molecule has 2 saturated carbocycles. The molecule has 3 aromatic carbocycles. The summed E-state index contributed by atoms with van der Waals surface area (Å²) >= 11 is 0. The molecule has 1 spiro atoms. The molecule has 2 N–H and O–H groups in total. The van der Waals surface area contributed by atoms with Crippen molar-refractivity contribution in [1.29, 1.82) is 0 Å². The number of hydrogen-bond donors (Lipinski definition) is 2. The van der Waals surface area contributed by atoms with E-state index >= 15 is 0 Å². The Bertz CT molecular complexity index is 1900. The summed E-state index contributed by atoms with van der Waals surface area (Å²) in [5.41, 5.74) is 12.9. The van der Waals surface area contributed by atoms with E-state index in [1.54, 1.807) is 11.1 Å². The number of nitrogens with one attached hydrogen (secondary N) is 1. The molecule has 0 radical (unpaired) electrons. The van der Waals surface area contributed by atoms with E-state index in [0.717, 1.165) is 42.5 Å². The van der Waals surface area contributed by atoms with E-state index in [4.69, 9.17) is 9.72 Å². The second-order valence-electron chi connectivity index (χ2n) is 16.4. The van der Waals surface area contributed by atoms with Crippen molar-refractivity contribution in [2.45, 2.75) is 121 Å². The minimum atomic E-state index is -0.526. The summed E-state index contributed by atoms with van der Waals surface area (Å²) < 4.78 is 5.73. The van der Waals surface area contributed by atoms with Gasteiger partial charge in [-0.1, -0.05) is 37.1 Å². The number of imidazole rings is 1. The van der Waals surface area contributed by atoms with Gasteiger partial charge in [-0.25, -0.2) is 9.78 Å². The lowest BCUT2D eigenvalue weighted by Gasteiger charge is -2.41. The van der Waals surface area contributed by atoms with Crippen LogP contribution in [0.5, 0.6) is 5.75 Å². The summed E-state index contributed by atoms with van der Waals surface area (Å²) in [6.07, 6.45) is 14.0. The molecule has 1 atom stereocenters. The van der Waals surface area contributed by atoms with Crippen molar-refractivity contribution in [3.05, 3.63) is 70.5 Å². The first-order valence-corrected chi connectivity index (χ1v) is 18.2. The van der Waals surface area contributed by atoms with E-state index in [-0.39, 0.29) is 12.1 Å². The number of ether oxygens (including phenoxy) is 1. The number of H-pyrrole nitrogens is 1. The van der Waals surface area contributed by atoms with Crippen LogP contribution in [0.4, 0.5) is 4.79 Å². The molecule has 244 valence electrons. The van der Waals surface area contributed by atoms with Crippen LogP contribution < -0.4 is 0 Å². The molecule has 0 unspecified atom stereocenters. The summed E-state index contributed by atoms with van der Waals surface area (Å²) in [6.45, 7) is 6.43. The summed E-state index contributed by atoms with van der Waals surface area (Å²) in [5.74, 6) is 2.53. The number of phenolic OH excluding ortho intramolecular Hbond substituents is 1. The molecule has 5 aliphatic carbocycles. The zero-order chi connectivity index (χ0) is 32.1. The average molecular weight is 630 g/mol. The van der Waals surface area contributed by atoms with Crippen LogP contribution >= 0.6 is 0 Å². The van der Waals surface area contributed by atoms with Crippen molar-refractivity contribution in [3.8, 4) is 28.0 Å². The zero-order valence-electron chi connectivity index (χ0n) is 28.1. The van der Waals surface area contributed by atoms with Crippen molar-refractivity contribution in [3.63, 3.8) is 0 Å². The molecule has 2 heterocycles. The van der Waals surface area contributed by atoms with Crippen molar-refractivity contribution in [1.82, 2.24) is 14.9 Å². The molecule has 6 nitrogen and oxygen atoms in total. The first-order chi connectivity index (χ1) is 22.7. The fourth-order valence-corrected chi connectivity index (χ4v) is 10.2. The molecule has 3 fully saturated rings. The molecule has 10 rings (SSSR count). The molecular weight excluding hydrogens is 582 g/mol. The smallest absolute Gasteiger partial charge is 0.410 e.